The first-order valence-corrected chi connectivity index (χ1v) is 3.63. The second-order valence-corrected chi connectivity index (χ2v) is 2.11. The van der Waals surface area contributed by atoms with Gasteiger partial charge in [-0.2, -0.15) is 0 Å². The van der Waals surface area contributed by atoms with Crippen molar-refractivity contribution in [2.75, 3.05) is 39.3 Å². The molecule has 0 aromatic rings. The summed E-state index contributed by atoms with van der Waals surface area (Å²) in [5.41, 5.74) is 3.42. The zero-order valence-corrected chi connectivity index (χ0v) is 10.7. The Morgan fingerprint density at radius 2 is 1.55 bits per heavy atom. The number of hydroxylamine groups is 1. The summed E-state index contributed by atoms with van der Waals surface area (Å²) in [6, 6.07) is 0. The molecule has 0 radical (unpaired) electrons. The van der Waals surface area contributed by atoms with E-state index in [1.807, 2.05) is 0 Å². The molecule has 0 bridgehead atoms. The van der Waals surface area contributed by atoms with Crippen LogP contribution in [0.25, 0.3) is 10.8 Å². The van der Waals surface area contributed by atoms with Gasteiger partial charge in [-0.25, -0.2) is 0 Å². The third-order valence-corrected chi connectivity index (χ3v) is 1.26. The number of nitrogens with zero attached hydrogens (tertiary/aromatic N) is 2. The maximum atomic E-state index is 4.35. The van der Waals surface area contributed by atoms with Crippen molar-refractivity contribution in [1.29, 1.82) is 0 Å². The van der Waals surface area contributed by atoms with E-state index in [0.29, 0.717) is 0 Å². The second kappa shape index (κ2) is 8.98. The van der Waals surface area contributed by atoms with E-state index in [9.17, 15) is 0 Å². The van der Waals surface area contributed by atoms with Crippen LogP contribution in [0, 0.1) is 31.1 Å². The molecule has 0 unspecified atom stereocenters. The summed E-state index contributed by atoms with van der Waals surface area (Å²) < 4.78 is 0. The number of rotatable bonds is 0. The summed E-state index contributed by atoms with van der Waals surface area (Å²) >= 11 is 0. The van der Waals surface area contributed by atoms with Gasteiger partial charge in [0.25, 0.3) is 0 Å². The molecule has 2 saturated heterocycles. The van der Waals surface area contributed by atoms with Crippen molar-refractivity contribution in [3.8, 4) is 0 Å². The molecule has 5 heteroatoms. The molecular formula is C6H13N3OU. The molecule has 0 aliphatic carbocycles. The number of hydrogen-bond donors (Lipinski definition) is 1. The Labute approximate surface area is 91.2 Å². The van der Waals surface area contributed by atoms with E-state index in [1.54, 1.807) is 0 Å². The van der Waals surface area contributed by atoms with Gasteiger partial charge in [-0.15, -0.1) is 19.6 Å². The van der Waals surface area contributed by atoms with Crippen molar-refractivity contribution in [3.05, 3.63) is 10.8 Å². The fourth-order valence-corrected chi connectivity index (χ4v) is 0.644. The predicted octanol–water partition coefficient (Wildman–Crippen LogP) is 0.269. The van der Waals surface area contributed by atoms with Crippen LogP contribution in [0.5, 0.6) is 0 Å². The summed E-state index contributed by atoms with van der Waals surface area (Å²) in [7, 11) is 0. The first-order chi connectivity index (χ1) is 5.00. The fourth-order valence-electron chi connectivity index (χ4n) is 0.644. The van der Waals surface area contributed by atoms with Crippen LogP contribution in [-0.2, 0) is 4.84 Å². The summed E-state index contributed by atoms with van der Waals surface area (Å²) in [4.78, 5) is 4.35. The van der Waals surface area contributed by atoms with Gasteiger partial charge in [-0.05, 0) is 13.1 Å². The third kappa shape index (κ3) is 7.26. The van der Waals surface area contributed by atoms with Crippen LogP contribution in [0.4, 0.5) is 0 Å². The third-order valence-electron chi connectivity index (χ3n) is 1.26. The van der Waals surface area contributed by atoms with Gasteiger partial charge in [0.15, 0.2) is 0 Å². The number of piperazine rings is 1. The number of hydrogen-bond acceptors (Lipinski definition) is 2. The first-order valence-electron chi connectivity index (χ1n) is 3.63. The average Bonchev–Trinajstić information content (AvgIpc) is 1.88. The molecule has 2 aliphatic rings. The van der Waals surface area contributed by atoms with Gasteiger partial charge in [0, 0.05) is 6.61 Å². The van der Waals surface area contributed by atoms with Crippen molar-refractivity contribution in [3.63, 3.8) is 0 Å². The Morgan fingerprint density at radius 1 is 1.09 bits per heavy atom. The zero-order chi connectivity index (χ0) is 7.07. The van der Waals surface area contributed by atoms with Crippen molar-refractivity contribution in [2.24, 2.45) is 0 Å². The molecule has 2 fully saturated rings. The molecule has 0 atom stereocenters. The minimum absolute atomic E-state index is 0. The molecule has 2 aliphatic heterocycles. The molecule has 0 aromatic heterocycles. The largest absolute Gasteiger partial charge is 2.00 e. The maximum absolute atomic E-state index is 4.35. The van der Waals surface area contributed by atoms with E-state index in [2.05, 4.69) is 21.0 Å². The molecule has 2 rings (SSSR count). The second-order valence-electron chi connectivity index (χ2n) is 2.11. The SMILES string of the molecule is C1CNCC[N-]1.C1CO[N-]1.[U+2]. The predicted molar refractivity (Wildman–Crippen MR) is 40.1 cm³/mol. The van der Waals surface area contributed by atoms with Gasteiger partial charge in [-0.3, -0.25) is 0 Å². The van der Waals surface area contributed by atoms with Gasteiger partial charge in [0.05, 0.1) is 0 Å². The smallest absolute Gasteiger partial charge is 0.660 e. The fraction of sp³-hybridized carbons (Fsp3) is 1.00. The zero-order valence-electron chi connectivity index (χ0n) is 6.55. The Balaban J connectivity index is 0.000000177. The van der Waals surface area contributed by atoms with E-state index in [-0.39, 0.29) is 31.1 Å². The van der Waals surface area contributed by atoms with Crippen LogP contribution in [0.2, 0.25) is 0 Å². The summed E-state index contributed by atoms with van der Waals surface area (Å²) in [6.07, 6.45) is 0. The van der Waals surface area contributed by atoms with Crippen LogP contribution in [0.1, 0.15) is 0 Å². The standard InChI is InChI=1S/C4H9N2.C2H4NO.U/c1-2-6-4-3-5-1;1-2-4-3-1;/h5H,1-4H2;1-2H2;/q2*-1;+2. The molecule has 11 heavy (non-hydrogen) atoms. The molecule has 62 valence electrons. The van der Waals surface area contributed by atoms with E-state index in [1.165, 1.54) is 0 Å². The van der Waals surface area contributed by atoms with Crippen molar-refractivity contribution >= 4 is 0 Å². The van der Waals surface area contributed by atoms with E-state index in [4.69, 9.17) is 0 Å². The van der Waals surface area contributed by atoms with Gasteiger partial charge in [-0.1, -0.05) is 0 Å². The van der Waals surface area contributed by atoms with Crippen molar-refractivity contribution in [1.82, 2.24) is 5.32 Å². The Hall–Kier alpha value is 0.892. The quantitative estimate of drug-likeness (QED) is 0.655. The van der Waals surface area contributed by atoms with Crippen molar-refractivity contribution < 1.29 is 36.0 Å². The van der Waals surface area contributed by atoms with Crippen LogP contribution >= 0.6 is 0 Å². The topological polar surface area (TPSA) is 49.5 Å². The number of nitrogens with one attached hydrogen (secondary N) is 1. The normalized spacial score (nSPS) is 21.8. The summed E-state index contributed by atoms with van der Waals surface area (Å²) in [5.74, 6) is 0. The van der Waals surface area contributed by atoms with Gasteiger partial charge < -0.3 is 21.0 Å². The van der Waals surface area contributed by atoms with E-state index >= 15 is 0 Å². The molecule has 1 N–H and O–H groups in total. The minimum Gasteiger partial charge on any atom is -0.660 e. The van der Waals surface area contributed by atoms with Crippen molar-refractivity contribution in [2.45, 2.75) is 0 Å². The van der Waals surface area contributed by atoms with Crippen LogP contribution in [0.15, 0.2) is 0 Å². The molecular weight excluding hydrogens is 368 g/mol. The van der Waals surface area contributed by atoms with Crippen LogP contribution < -0.4 is 5.32 Å². The summed E-state index contributed by atoms with van der Waals surface area (Å²) in [6.45, 7) is 5.93. The Bertz CT molecular complexity index is 60.7. The van der Waals surface area contributed by atoms with Crippen LogP contribution in [-0.4, -0.2) is 39.3 Å². The van der Waals surface area contributed by atoms with E-state index < -0.39 is 0 Å². The Kier molecular flexibility index (Phi) is 9.71. The maximum Gasteiger partial charge on any atom is 2.00 e. The van der Waals surface area contributed by atoms with Gasteiger partial charge in [0.1, 0.15) is 0 Å². The molecule has 0 aromatic carbocycles. The average molecular weight is 381 g/mol. The molecule has 0 spiro atoms. The van der Waals surface area contributed by atoms with Gasteiger partial charge in [0.2, 0.25) is 0 Å². The van der Waals surface area contributed by atoms with Crippen LogP contribution in [0.3, 0.4) is 0 Å². The Morgan fingerprint density at radius 3 is 1.64 bits per heavy atom. The molecule has 0 saturated carbocycles. The molecule has 4 nitrogen and oxygen atoms in total. The molecule has 0 amide bonds. The minimum atomic E-state index is 0. The molecule has 2 heterocycles. The van der Waals surface area contributed by atoms with E-state index in [0.717, 1.165) is 39.3 Å². The first kappa shape index (κ1) is 11.9. The monoisotopic (exact) mass is 381 g/mol. The summed E-state index contributed by atoms with van der Waals surface area (Å²) in [5, 5.41) is 7.31. The van der Waals surface area contributed by atoms with Gasteiger partial charge >= 0.3 is 31.1 Å².